The Morgan fingerprint density at radius 2 is 2.10 bits per heavy atom. The van der Waals surface area contributed by atoms with Crippen LogP contribution < -0.4 is 0 Å². The van der Waals surface area contributed by atoms with Gasteiger partial charge in [0.05, 0.1) is 6.10 Å². The topological polar surface area (TPSA) is 93.1 Å². The number of carboxylic acid groups (broad SMARTS) is 1. The first-order chi connectivity index (χ1) is 14.2. The van der Waals surface area contributed by atoms with Crippen LogP contribution in [0.3, 0.4) is 0 Å². The van der Waals surface area contributed by atoms with E-state index in [2.05, 4.69) is 6.92 Å². The van der Waals surface area contributed by atoms with Gasteiger partial charge in [-0.2, -0.15) is 0 Å². The Morgan fingerprint density at radius 3 is 2.80 bits per heavy atom. The average Bonchev–Trinajstić information content (AvgIpc) is 3.15. The Labute approximate surface area is 177 Å². The van der Waals surface area contributed by atoms with Crippen LogP contribution in [0.15, 0.2) is 23.8 Å². The first-order valence-electron chi connectivity index (χ1n) is 11.4. The third-order valence-corrected chi connectivity index (χ3v) is 9.13. The minimum atomic E-state index is -1.40. The second-order valence-electron chi connectivity index (χ2n) is 10.4. The lowest BCUT2D eigenvalue weighted by molar-refractivity contribution is -0.210. The predicted molar refractivity (Wildman–Crippen MR) is 108 cm³/mol. The number of hydrogen-bond donors (Lipinski definition) is 2. The number of fused-ring (bicyclic) bond motifs is 7. The molecule has 0 bridgehead atoms. The number of allylic oxidation sites excluding steroid dienone is 4. The van der Waals surface area contributed by atoms with Crippen molar-refractivity contribution in [2.24, 2.45) is 28.6 Å². The summed E-state index contributed by atoms with van der Waals surface area (Å²) >= 11 is 0. The van der Waals surface area contributed by atoms with Crippen LogP contribution in [-0.4, -0.2) is 46.1 Å². The molecule has 3 saturated carbocycles. The Hall–Kier alpha value is -1.50. The molecule has 4 aliphatic carbocycles. The maximum atomic E-state index is 12.7. The number of carbonyl (C=O) groups is 2. The molecule has 0 spiro atoms. The van der Waals surface area contributed by atoms with Crippen molar-refractivity contribution in [3.8, 4) is 0 Å². The molecule has 1 aliphatic heterocycles. The summed E-state index contributed by atoms with van der Waals surface area (Å²) in [6.07, 6.45) is 7.90. The zero-order valence-corrected chi connectivity index (χ0v) is 18.0. The summed E-state index contributed by atoms with van der Waals surface area (Å²) in [6, 6.07) is 0. The van der Waals surface area contributed by atoms with Crippen molar-refractivity contribution in [1.82, 2.24) is 0 Å². The molecule has 0 aromatic rings. The number of carbonyl (C=O) groups excluding carboxylic acids is 1. The lowest BCUT2D eigenvalue weighted by Crippen LogP contribution is -2.63. The van der Waals surface area contributed by atoms with Crippen LogP contribution in [-0.2, 0) is 19.1 Å². The van der Waals surface area contributed by atoms with E-state index in [0.29, 0.717) is 19.3 Å². The van der Waals surface area contributed by atoms with Gasteiger partial charge in [0.25, 0.3) is 0 Å². The van der Waals surface area contributed by atoms with Crippen LogP contribution >= 0.6 is 0 Å². The molecular weight excluding hydrogens is 384 g/mol. The second kappa shape index (κ2) is 6.50. The van der Waals surface area contributed by atoms with E-state index >= 15 is 0 Å². The molecule has 1 heterocycles. The molecule has 2 N–H and O–H groups in total. The van der Waals surface area contributed by atoms with Crippen LogP contribution in [0.1, 0.15) is 59.3 Å². The molecule has 6 nitrogen and oxygen atoms in total. The molecule has 6 heteroatoms. The van der Waals surface area contributed by atoms with Crippen molar-refractivity contribution in [3.05, 3.63) is 23.8 Å². The summed E-state index contributed by atoms with van der Waals surface area (Å²) in [5.74, 6) is -0.722. The van der Waals surface area contributed by atoms with Gasteiger partial charge in [-0.3, -0.25) is 4.79 Å². The Kier molecular flexibility index (Phi) is 4.42. The number of hydrogen-bond acceptors (Lipinski definition) is 5. The first kappa shape index (κ1) is 20.4. The number of ether oxygens (including phenoxy) is 2. The minimum Gasteiger partial charge on any atom is -0.479 e. The van der Waals surface area contributed by atoms with E-state index in [0.717, 1.165) is 24.8 Å². The van der Waals surface area contributed by atoms with Gasteiger partial charge in [-0.1, -0.05) is 38.8 Å². The molecule has 0 amide bonds. The van der Waals surface area contributed by atoms with Crippen molar-refractivity contribution >= 4 is 11.8 Å². The quantitative estimate of drug-likeness (QED) is 0.734. The van der Waals surface area contributed by atoms with Crippen molar-refractivity contribution in [3.63, 3.8) is 0 Å². The molecule has 0 aromatic heterocycles. The van der Waals surface area contributed by atoms with E-state index in [-0.39, 0.29) is 29.0 Å². The summed E-state index contributed by atoms with van der Waals surface area (Å²) in [4.78, 5) is 24.6. The summed E-state index contributed by atoms with van der Waals surface area (Å²) in [5.41, 5.74) is -1.37. The summed E-state index contributed by atoms with van der Waals surface area (Å²) < 4.78 is 12.4. The first-order valence-corrected chi connectivity index (χ1v) is 11.4. The minimum absolute atomic E-state index is 0.0139. The molecule has 4 fully saturated rings. The van der Waals surface area contributed by atoms with Crippen LogP contribution in [0.2, 0.25) is 0 Å². The number of carboxylic acids is 1. The van der Waals surface area contributed by atoms with Crippen molar-refractivity contribution in [2.45, 2.75) is 83.4 Å². The summed E-state index contributed by atoms with van der Waals surface area (Å²) in [6.45, 7) is 6.15. The SMILES string of the molecule is CCC[C@@H]1O[C@@H]2CC3C4CCC5=CC(=O)C=CC5(C)C4[C@@H](O)CC3(C)[C@]2(C(=O)O)O1. The van der Waals surface area contributed by atoms with E-state index in [9.17, 15) is 19.8 Å². The van der Waals surface area contributed by atoms with Crippen LogP contribution in [0.25, 0.3) is 0 Å². The van der Waals surface area contributed by atoms with Gasteiger partial charge in [0.2, 0.25) is 0 Å². The molecule has 30 heavy (non-hydrogen) atoms. The third kappa shape index (κ3) is 2.36. The molecule has 9 atom stereocenters. The maximum absolute atomic E-state index is 12.7. The predicted octanol–water partition coefficient (Wildman–Crippen LogP) is 3.24. The summed E-state index contributed by atoms with van der Waals surface area (Å²) in [5, 5.41) is 21.8. The summed E-state index contributed by atoms with van der Waals surface area (Å²) in [7, 11) is 0. The molecule has 0 aromatic carbocycles. The number of ketones is 1. The monoisotopic (exact) mass is 416 g/mol. The van der Waals surface area contributed by atoms with Gasteiger partial charge in [-0.15, -0.1) is 0 Å². The zero-order chi connectivity index (χ0) is 21.5. The Bertz CT molecular complexity index is 847. The van der Waals surface area contributed by atoms with E-state index in [1.807, 2.05) is 19.9 Å². The van der Waals surface area contributed by atoms with E-state index in [1.165, 1.54) is 0 Å². The highest BCUT2D eigenvalue weighted by Gasteiger charge is 2.76. The Balaban J connectivity index is 1.55. The van der Waals surface area contributed by atoms with E-state index in [1.54, 1.807) is 12.2 Å². The van der Waals surface area contributed by atoms with Gasteiger partial charge < -0.3 is 19.7 Å². The van der Waals surface area contributed by atoms with Crippen molar-refractivity contribution in [1.29, 1.82) is 0 Å². The van der Waals surface area contributed by atoms with Crippen LogP contribution in [0.5, 0.6) is 0 Å². The molecule has 5 rings (SSSR count). The van der Waals surface area contributed by atoms with Gasteiger partial charge in [0.15, 0.2) is 17.7 Å². The molecular formula is C24H32O6. The highest BCUT2D eigenvalue weighted by Crippen LogP contribution is 2.69. The number of aliphatic hydroxyl groups is 1. The lowest BCUT2D eigenvalue weighted by atomic mass is 9.46. The van der Waals surface area contributed by atoms with E-state index in [4.69, 9.17) is 9.47 Å². The maximum Gasteiger partial charge on any atom is 0.339 e. The normalized spacial score (nSPS) is 51.6. The molecule has 0 radical (unpaired) electrons. The lowest BCUT2D eigenvalue weighted by Gasteiger charge is -2.59. The second-order valence-corrected chi connectivity index (χ2v) is 10.4. The fourth-order valence-corrected chi connectivity index (χ4v) is 7.87. The van der Waals surface area contributed by atoms with Crippen LogP contribution in [0, 0.1) is 28.6 Å². The van der Waals surface area contributed by atoms with Crippen molar-refractivity contribution < 1.29 is 29.3 Å². The number of aliphatic carboxylic acids is 1. The fraction of sp³-hybridized carbons (Fsp3) is 0.750. The smallest absolute Gasteiger partial charge is 0.339 e. The van der Waals surface area contributed by atoms with E-state index < -0.39 is 35.5 Å². The highest BCUT2D eigenvalue weighted by atomic mass is 16.7. The van der Waals surface area contributed by atoms with Gasteiger partial charge in [0.1, 0.15) is 6.10 Å². The van der Waals surface area contributed by atoms with Gasteiger partial charge in [-0.05, 0) is 56.1 Å². The fourth-order valence-electron chi connectivity index (χ4n) is 7.87. The van der Waals surface area contributed by atoms with Gasteiger partial charge in [-0.25, -0.2) is 4.79 Å². The highest BCUT2D eigenvalue weighted by molar-refractivity contribution is 6.01. The average molecular weight is 417 g/mol. The van der Waals surface area contributed by atoms with Crippen molar-refractivity contribution in [2.75, 3.05) is 0 Å². The third-order valence-electron chi connectivity index (χ3n) is 9.13. The molecule has 5 aliphatic rings. The Morgan fingerprint density at radius 1 is 1.33 bits per heavy atom. The van der Waals surface area contributed by atoms with Gasteiger partial charge >= 0.3 is 5.97 Å². The zero-order valence-electron chi connectivity index (χ0n) is 18.0. The molecule has 1 saturated heterocycles. The molecule has 5 unspecified atom stereocenters. The number of aliphatic hydroxyl groups excluding tert-OH is 1. The van der Waals surface area contributed by atoms with Gasteiger partial charge in [0, 0.05) is 16.7 Å². The largest absolute Gasteiger partial charge is 0.479 e. The number of rotatable bonds is 3. The van der Waals surface area contributed by atoms with Crippen LogP contribution in [0.4, 0.5) is 0 Å². The standard InChI is InChI=1S/C24H32O6/c1-4-5-19-29-18-11-16-15-7-6-13-10-14(25)8-9-22(13,2)20(15)17(26)12-23(16,3)24(18,30-19)21(27)28/h8-10,15-20,26H,4-7,11-12H2,1-3H3,(H,27,28)/t15?,16?,17-,18+,19+,20?,22?,23?,24-/m0/s1. The molecule has 164 valence electrons.